The number of rotatable bonds is 5. The molecule has 0 radical (unpaired) electrons. The van der Waals surface area contributed by atoms with Gasteiger partial charge in [0.25, 0.3) is 0 Å². The highest BCUT2D eigenvalue weighted by molar-refractivity contribution is 6.31. The fourth-order valence-corrected chi connectivity index (χ4v) is 1.77. The molecule has 4 heteroatoms. The van der Waals surface area contributed by atoms with Gasteiger partial charge in [0.05, 0.1) is 0 Å². The fourth-order valence-electron chi connectivity index (χ4n) is 1.53. The van der Waals surface area contributed by atoms with Crippen molar-refractivity contribution in [3.63, 3.8) is 0 Å². The molecule has 88 valence electrons. The highest BCUT2D eigenvalue weighted by atomic mass is 35.5. The Morgan fingerprint density at radius 1 is 1.38 bits per heavy atom. The molecule has 0 heterocycles. The predicted molar refractivity (Wildman–Crippen MR) is 69.1 cm³/mol. The minimum Gasteiger partial charge on any atom is -0.384 e. The number of halogens is 1. The number of nitrogen functional groups attached to an aromatic ring is 1. The van der Waals surface area contributed by atoms with Gasteiger partial charge >= 0.3 is 0 Å². The van der Waals surface area contributed by atoms with Crippen molar-refractivity contribution in [2.24, 2.45) is 5.73 Å². The van der Waals surface area contributed by atoms with Gasteiger partial charge in [-0.25, -0.2) is 0 Å². The normalized spacial score (nSPS) is 10.8. The monoisotopic (exact) mass is 239 g/mol. The highest BCUT2D eigenvalue weighted by Crippen LogP contribution is 2.19. The third kappa shape index (κ3) is 3.22. The summed E-state index contributed by atoms with van der Waals surface area (Å²) in [5.74, 6) is 0.0521. The largest absolute Gasteiger partial charge is 0.384 e. The van der Waals surface area contributed by atoms with Crippen molar-refractivity contribution in [3.8, 4) is 0 Å². The zero-order valence-corrected chi connectivity index (χ0v) is 10.5. The van der Waals surface area contributed by atoms with Crippen LogP contribution < -0.4 is 5.73 Å². The number of hydrogen-bond donors (Lipinski definition) is 2. The second kappa shape index (κ2) is 5.87. The quantitative estimate of drug-likeness (QED) is 0.613. The summed E-state index contributed by atoms with van der Waals surface area (Å²) in [6.07, 6.45) is 0. The van der Waals surface area contributed by atoms with Crippen LogP contribution in [0.1, 0.15) is 25.0 Å². The summed E-state index contributed by atoms with van der Waals surface area (Å²) < 4.78 is 0. The SMILES string of the molecule is CCN(CC)Cc1ccc(C(=N)N)cc1Cl. The number of nitrogens with zero attached hydrogens (tertiary/aromatic N) is 1. The highest BCUT2D eigenvalue weighted by Gasteiger charge is 2.07. The first-order chi connectivity index (χ1) is 7.58. The van der Waals surface area contributed by atoms with Crippen molar-refractivity contribution in [1.82, 2.24) is 4.90 Å². The van der Waals surface area contributed by atoms with E-state index < -0.39 is 0 Å². The number of nitrogens with two attached hydrogens (primary N) is 1. The average molecular weight is 240 g/mol. The molecule has 0 spiro atoms. The summed E-state index contributed by atoms with van der Waals surface area (Å²) in [5, 5.41) is 8.01. The molecular formula is C12H18ClN3. The van der Waals surface area contributed by atoms with E-state index in [1.807, 2.05) is 12.1 Å². The van der Waals surface area contributed by atoms with Gasteiger partial charge in [-0.2, -0.15) is 0 Å². The van der Waals surface area contributed by atoms with Crippen LogP contribution in [0.15, 0.2) is 18.2 Å². The molecule has 1 aromatic carbocycles. The van der Waals surface area contributed by atoms with E-state index in [4.69, 9.17) is 22.7 Å². The lowest BCUT2D eigenvalue weighted by Gasteiger charge is -2.19. The van der Waals surface area contributed by atoms with Crippen LogP contribution in [0.25, 0.3) is 0 Å². The van der Waals surface area contributed by atoms with Gasteiger partial charge in [-0.1, -0.05) is 37.6 Å². The number of benzene rings is 1. The van der Waals surface area contributed by atoms with Crippen molar-refractivity contribution in [1.29, 1.82) is 5.41 Å². The van der Waals surface area contributed by atoms with Crippen LogP contribution in [0.2, 0.25) is 5.02 Å². The van der Waals surface area contributed by atoms with E-state index in [0.717, 1.165) is 25.2 Å². The Labute approximate surface area is 102 Å². The maximum Gasteiger partial charge on any atom is 0.122 e. The molecule has 1 aromatic rings. The third-order valence-electron chi connectivity index (χ3n) is 2.65. The van der Waals surface area contributed by atoms with Crippen molar-refractivity contribution >= 4 is 17.4 Å². The predicted octanol–water partition coefficient (Wildman–Crippen LogP) is 2.47. The van der Waals surface area contributed by atoms with Gasteiger partial charge in [0.2, 0.25) is 0 Å². The molecule has 0 aliphatic heterocycles. The number of amidine groups is 1. The summed E-state index contributed by atoms with van der Waals surface area (Å²) in [5.41, 5.74) is 7.15. The average Bonchev–Trinajstić information content (AvgIpc) is 2.27. The lowest BCUT2D eigenvalue weighted by Crippen LogP contribution is -2.22. The molecule has 0 amide bonds. The molecule has 3 nitrogen and oxygen atoms in total. The van der Waals surface area contributed by atoms with E-state index in [9.17, 15) is 0 Å². The molecule has 0 aromatic heterocycles. The van der Waals surface area contributed by atoms with Gasteiger partial charge in [0.15, 0.2) is 0 Å². The number of nitrogens with one attached hydrogen (secondary N) is 1. The first kappa shape index (κ1) is 13.0. The molecule has 0 atom stereocenters. The van der Waals surface area contributed by atoms with Crippen LogP contribution in [-0.2, 0) is 6.54 Å². The topological polar surface area (TPSA) is 53.1 Å². The molecule has 3 N–H and O–H groups in total. The molecule has 0 saturated carbocycles. The molecule has 0 bridgehead atoms. The zero-order chi connectivity index (χ0) is 12.1. The van der Waals surface area contributed by atoms with E-state index in [0.29, 0.717) is 10.6 Å². The second-order valence-electron chi connectivity index (χ2n) is 3.68. The molecule has 0 unspecified atom stereocenters. The van der Waals surface area contributed by atoms with Crippen LogP contribution in [0, 0.1) is 5.41 Å². The summed E-state index contributed by atoms with van der Waals surface area (Å²) in [4.78, 5) is 2.29. The van der Waals surface area contributed by atoms with Crippen LogP contribution in [-0.4, -0.2) is 23.8 Å². The lowest BCUT2D eigenvalue weighted by molar-refractivity contribution is 0.296. The fraction of sp³-hybridized carbons (Fsp3) is 0.417. The molecular weight excluding hydrogens is 222 g/mol. The van der Waals surface area contributed by atoms with E-state index in [1.165, 1.54) is 0 Å². The van der Waals surface area contributed by atoms with Crippen molar-refractivity contribution in [2.75, 3.05) is 13.1 Å². The minimum absolute atomic E-state index is 0.0521. The molecule has 1 rings (SSSR count). The Balaban J connectivity index is 2.86. The van der Waals surface area contributed by atoms with Crippen molar-refractivity contribution < 1.29 is 0 Å². The Hall–Kier alpha value is -1.06. The first-order valence-corrected chi connectivity index (χ1v) is 5.81. The molecule has 0 saturated heterocycles. The van der Waals surface area contributed by atoms with Crippen molar-refractivity contribution in [2.45, 2.75) is 20.4 Å². The van der Waals surface area contributed by atoms with Crippen molar-refractivity contribution in [3.05, 3.63) is 34.3 Å². The van der Waals surface area contributed by atoms with Gasteiger partial charge in [0.1, 0.15) is 5.84 Å². The van der Waals surface area contributed by atoms with Crippen LogP contribution >= 0.6 is 11.6 Å². The van der Waals surface area contributed by atoms with Gasteiger partial charge < -0.3 is 5.73 Å². The van der Waals surface area contributed by atoms with Gasteiger partial charge in [0, 0.05) is 17.1 Å². The summed E-state index contributed by atoms with van der Waals surface area (Å²) in [7, 11) is 0. The van der Waals surface area contributed by atoms with E-state index in [-0.39, 0.29) is 5.84 Å². The number of hydrogen-bond acceptors (Lipinski definition) is 2. The van der Waals surface area contributed by atoms with Crippen LogP contribution in [0.3, 0.4) is 0 Å². The Kier molecular flexibility index (Phi) is 4.77. The standard InChI is InChI=1S/C12H18ClN3/c1-3-16(4-2)8-10-6-5-9(12(14)15)7-11(10)13/h5-7H,3-4,8H2,1-2H3,(H3,14,15). The minimum atomic E-state index is 0.0521. The van der Waals surface area contributed by atoms with Gasteiger partial charge in [-0.3, -0.25) is 10.3 Å². The maximum absolute atomic E-state index is 7.33. The third-order valence-corrected chi connectivity index (χ3v) is 3.00. The lowest BCUT2D eigenvalue weighted by atomic mass is 10.1. The Morgan fingerprint density at radius 3 is 2.44 bits per heavy atom. The maximum atomic E-state index is 7.33. The first-order valence-electron chi connectivity index (χ1n) is 5.43. The smallest absolute Gasteiger partial charge is 0.122 e. The second-order valence-corrected chi connectivity index (χ2v) is 4.09. The summed E-state index contributed by atoms with van der Waals surface area (Å²) >= 11 is 6.15. The molecule has 16 heavy (non-hydrogen) atoms. The Morgan fingerprint density at radius 2 is 2.00 bits per heavy atom. The zero-order valence-electron chi connectivity index (χ0n) is 9.76. The summed E-state index contributed by atoms with van der Waals surface area (Å²) in [6, 6.07) is 5.53. The van der Waals surface area contributed by atoms with Gasteiger partial charge in [-0.15, -0.1) is 0 Å². The Bertz CT molecular complexity index is 373. The van der Waals surface area contributed by atoms with Crippen LogP contribution in [0.4, 0.5) is 0 Å². The summed E-state index contributed by atoms with van der Waals surface area (Å²) in [6.45, 7) is 7.09. The van der Waals surface area contributed by atoms with E-state index in [2.05, 4.69) is 18.7 Å². The molecule has 0 fully saturated rings. The van der Waals surface area contributed by atoms with Crippen LogP contribution in [0.5, 0.6) is 0 Å². The molecule has 0 aliphatic carbocycles. The van der Waals surface area contributed by atoms with E-state index in [1.54, 1.807) is 6.07 Å². The van der Waals surface area contributed by atoms with E-state index >= 15 is 0 Å². The van der Waals surface area contributed by atoms with Gasteiger partial charge in [-0.05, 0) is 24.7 Å². The molecule has 0 aliphatic rings.